The predicted octanol–water partition coefficient (Wildman–Crippen LogP) is 1.23. The first-order valence-electron chi connectivity index (χ1n) is 7.42. The normalized spacial score (nSPS) is 10.8. The van der Waals surface area contributed by atoms with Crippen molar-refractivity contribution < 1.29 is 18.8 Å². The van der Waals surface area contributed by atoms with Gasteiger partial charge in [0.25, 0.3) is 5.91 Å². The Hall–Kier alpha value is -1.89. The smallest absolute Gasteiger partial charge is 0.276 e. The van der Waals surface area contributed by atoms with E-state index in [1.807, 2.05) is 13.8 Å². The van der Waals surface area contributed by atoms with Crippen LogP contribution in [0.25, 0.3) is 0 Å². The van der Waals surface area contributed by atoms with E-state index in [1.165, 1.54) is 0 Å². The van der Waals surface area contributed by atoms with Gasteiger partial charge in [0.05, 0.1) is 6.61 Å². The highest BCUT2D eigenvalue weighted by atomic mass is 16.5. The quantitative estimate of drug-likeness (QED) is 0.693. The lowest BCUT2D eigenvalue weighted by molar-refractivity contribution is -0.121. The third-order valence-corrected chi connectivity index (χ3v) is 2.96. The van der Waals surface area contributed by atoms with Crippen LogP contribution in [0.1, 0.15) is 36.5 Å². The lowest BCUT2D eigenvalue weighted by Gasteiger charge is -2.23. The zero-order chi connectivity index (χ0) is 16.5. The number of methoxy groups -OCH3 is 1. The van der Waals surface area contributed by atoms with E-state index in [0.717, 1.165) is 0 Å². The van der Waals surface area contributed by atoms with Crippen molar-refractivity contribution in [1.82, 2.24) is 15.4 Å². The maximum absolute atomic E-state index is 12.4. The molecule has 0 unspecified atom stereocenters. The Bertz CT molecular complexity index is 485. The number of hydrogen-bond donors (Lipinski definition) is 1. The van der Waals surface area contributed by atoms with Crippen LogP contribution in [0.4, 0.5) is 0 Å². The zero-order valence-corrected chi connectivity index (χ0v) is 13.7. The van der Waals surface area contributed by atoms with Gasteiger partial charge in [0, 0.05) is 39.2 Å². The fraction of sp³-hybridized carbons (Fsp3) is 0.667. The molecule has 1 aromatic rings. The largest absolute Gasteiger partial charge is 0.383 e. The lowest BCUT2D eigenvalue weighted by Crippen LogP contribution is -2.38. The molecule has 7 heteroatoms. The van der Waals surface area contributed by atoms with Gasteiger partial charge in [0.1, 0.15) is 5.76 Å². The maximum Gasteiger partial charge on any atom is 0.276 e. The molecule has 0 aliphatic rings. The van der Waals surface area contributed by atoms with Gasteiger partial charge in [0.2, 0.25) is 5.91 Å². The number of hydrogen-bond acceptors (Lipinski definition) is 5. The molecular formula is C15H25N3O4. The molecular weight excluding hydrogens is 286 g/mol. The molecule has 1 aromatic heterocycles. The number of carbonyl (C=O) groups excluding carboxylic acids is 2. The Labute approximate surface area is 131 Å². The van der Waals surface area contributed by atoms with Crippen LogP contribution < -0.4 is 5.32 Å². The van der Waals surface area contributed by atoms with E-state index in [2.05, 4.69) is 10.5 Å². The van der Waals surface area contributed by atoms with E-state index < -0.39 is 0 Å². The number of carbonyl (C=O) groups is 2. The Morgan fingerprint density at radius 1 is 1.45 bits per heavy atom. The Balaban J connectivity index is 2.57. The SMILES string of the molecule is COCCNC(=O)CCN(CC(C)C)C(=O)c1cc(C)on1. The first kappa shape index (κ1) is 18.2. The van der Waals surface area contributed by atoms with Gasteiger partial charge in [-0.2, -0.15) is 0 Å². The highest BCUT2D eigenvalue weighted by molar-refractivity contribution is 5.92. The van der Waals surface area contributed by atoms with Gasteiger partial charge >= 0.3 is 0 Å². The van der Waals surface area contributed by atoms with Gasteiger partial charge in [-0.1, -0.05) is 19.0 Å². The van der Waals surface area contributed by atoms with E-state index in [4.69, 9.17) is 9.26 Å². The van der Waals surface area contributed by atoms with Crippen molar-refractivity contribution in [2.75, 3.05) is 33.4 Å². The minimum atomic E-state index is -0.213. The molecule has 0 aliphatic heterocycles. The monoisotopic (exact) mass is 311 g/mol. The molecule has 7 nitrogen and oxygen atoms in total. The van der Waals surface area contributed by atoms with E-state index >= 15 is 0 Å². The fourth-order valence-electron chi connectivity index (χ4n) is 1.96. The molecule has 0 aromatic carbocycles. The second-order valence-electron chi connectivity index (χ2n) is 5.56. The molecule has 0 radical (unpaired) electrons. The van der Waals surface area contributed by atoms with Crippen molar-refractivity contribution in [2.45, 2.75) is 27.2 Å². The van der Waals surface area contributed by atoms with Crippen molar-refractivity contribution in [1.29, 1.82) is 0 Å². The van der Waals surface area contributed by atoms with E-state index in [0.29, 0.717) is 37.9 Å². The van der Waals surface area contributed by atoms with Crippen LogP contribution in [0.3, 0.4) is 0 Å². The number of aromatic nitrogens is 1. The minimum absolute atomic E-state index is 0.102. The molecule has 0 spiro atoms. The average Bonchev–Trinajstić information content (AvgIpc) is 2.89. The highest BCUT2D eigenvalue weighted by Crippen LogP contribution is 2.09. The molecule has 1 rings (SSSR count). The zero-order valence-electron chi connectivity index (χ0n) is 13.7. The molecule has 22 heavy (non-hydrogen) atoms. The van der Waals surface area contributed by atoms with Gasteiger partial charge in [-0.3, -0.25) is 9.59 Å². The molecule has 1 heterocycles. The molecule has 124 valence electrons. The number of nitrogens with zero attached hydrogens (tertiary/aromatic N) is 2. The van der Waals surface area contributed by atoms with Crippen molar-refractivity contribution in [3.05, 3.63) is 17.5 Å². The number of amides is 2. The van der Waals surface area contributed by atoms with Gasteiger partial charge in [-0.15, -0.1) is 0 Å². The molecule has 0 fully saturated rings. The minimum Gasteiger partial charge on any atom is -0.383 e. The first-order chi connectivity index (χ1) is 10.4. The first-order valence-corrected chi connectivity index (χ1v) is 7.42. The van der Waals surface area contributed by atoms with Crippen molar-refractivity contribution in [3.63, 3.8) is 0 Å². The van der Waals surface area contributed by atoms with Crippen LogP contribution in [-0.4, -0.2) is 55.2 Å². The second-order valence-corrected chi connectivity index (χ2v) is 5.56. The summed E-state index contributed by atoms with van der Waals surface area (Å²) in [5.41, 5.74) is 0.276. The van der Waals surface area contributed by atoms with Gasteiger partial charge in [-0.25, -0.2) is 0 Å². The van der Waals surface area contributed by atoms with Crippen molar-refractivity contribution in [3.8, 4) is 0 Å². The summed E-state index contributed by atoms with van der Waals surface area (Å²) < 4.78 is 9.81. The van der Waals surface area contributed by atoms with E-state index in [1.54, 1.807) is 25.0 Å². The summed E-state index contributed by atoms with van der Waals surface area (Å²) in [5.74, 6) is 0.573. The highest BCUT2D eigenvalue weighted by Gasteiger charge is 2.20. The topological polar surface area (TPSA) is 84.7 Å². The van der Waals surface area contributed by atoms with Gasteiger partial charge < -0.3 is 19.5 Å². The lowest BCUT2D eigenvalue weighted by atomic mass is 10.2. The molecule has 2 amide bonds. The van der Waals surface area contributed by atoms with Gasteiger partial charge in [-0.05, 0) is 12.8 Å². The van der Waals surface area contributed by atoms with E-state index in [-0.39, 0.29) is 23.9 Å². The van der Waals surface area contributed by atoms with Crippen LogP contribution in [0.2, 0.25) is 0 Å². The summed E-state index contributed by atoms with van der Waals surface area (Å²) in [5, 5.41) is 6.49. The molecule has 0 saturated heterocycles. The summed E-state index contributed by atoms with van der Waals surface area (Å²) in [6.07, 6.45) is 0.249. The number of nitrogens with one attached hydrogen (secondary N) is 1. The maximum atomic E-state index is 12.4. The summed E-state index contributed by atoms with van der Waals surface area (Å²) in [6.45, 7) is 7.63. The standard InChI is InChI=1S/C15H25N3O4/c1-11(2)10-18(7-5-14(19)16-6-8-21-4)15(20)13-9-12(3)22-17-13/h9,11H,5-8,10H2,1-4H3,(H,16,19). The van der Waals surface area contributed by atoms with Crippen LogP contribution in [0.5, 0.6) is 0 Å². The molecule has 0 atom stereocenters. The number of ether oxygens (including phenoxy) is 1. The Kier molecular flexibility index (Phi) is 7.59. The number of rotatable bonds is 9. The summed E-state index contributed by atoms with van der Waals surface area (Å²) in [7, 11) is 1.58. The Morgan fingerprint density at radius 3 is 2.73 bits per heavy atom. The van der Waals surface area contributed by atoms with Crippen molar-refractivity contribution >= 4 is 11.8 Å². The molecule has 0 saturated carbocycles. The fourth-order valence-corrected chi connectivity index (χ4v) is 1.96. The number of aryl methyl sites for hydroxylation is 1. The molecule has 0 bridgehead atoms. The average molecular weight is 311 g/mol. The van der Waals surface area contributed by atoms with Crippen LogP contribution in [-0.2, 0) is 9.53 Å². The Morgan fingerprint density at radius 2 is 2.18 bits per heavy atom. The summed E-state index contributed by atoms with van der Waals surface area (Å²) >= 11 is 0. The molecule has 1 N–H and O–H groups in total. The van der Waals surface area contributed by atoms with Crippen molar-refractivity contribution in [2.24, 2.45) is 5.92 Å². The summed E-state index contributed by atoms with van der Waals surface area (Å²) in [4.78, 5) is 25.8. The second kappa shape index (κ2) is 9.19. The van der Waals surface area contributed by atoms with E-state index in [9.17, 15) is 9.59 Å². The van der Waals surface area contributed by atoms with Crippen LogP contribution in [0, 0.1) is 12.8 Å². The predicted molar refractivity (Wildman–Crippen MR) is 81.5 cm³/mol. The van der Waals surface area contributed by atoms with Crippen LogP contribution >= 0.6 is 0 Å². The van der Waals surface area contributed by atoms with Crippen LogP contribution in [0.15, 0.2) is 10.6 Å². The summed E-state index contributed by atoms with van der Waals surface area (Å²) in [6, 6.07) is 1.61. The molecule has 0 aliphatic carbocycles. The van der Waals surface area contributed by atoms with Gasteiger partial charge in [0.15, 0.2) is 5.69 Å². The third-order valence-electron chi connectivity index (χ3n) is 2.96. The third kappa shape index (κ3) is 6.26.